The van der Waals surface area contributed by atoms with Gasteiger partial charge in [0.2, 0.25) is 0 Å². The molecule has 86 valence electrons. The Balaban J connectivity index is 1.90. The van der Waals surface area contributed by atoms with Crippen molar-refractivity contribution in [3.8, 4) is 0 Å². The van der Waals surface area contributed by atoms with Crippen LogP contribution in [0.15, 0.2) is 36.4 Å². The molecule has 2 rings (SSSR count). The van der Waals surface area contributed by atoms with Crippen LogP contribution in [0.5, 0.6) is 0 Å². The van der Waals surface area contributed by atoms with Crippen molar-refractivity contribution in [1.82, 2.24) is 0 Å². The summed E-state index contributed by atoms with van der Waals surface area (Å²) in [5.74, 6) is 0.887. The van der Waals surface area contributed by atoms with Gasteiger partial charge in [0.1, 0.15) is 0 Å². The summed E-state index contributed by atoms with van der Waals surface area (Å²) in [6.07, 6.45) is 7.58. The first-order chi connectivity index (χ1) is 7.78. The van der Waals surface area contributed by atoms with Crippen LogP contribution in [0.3, 0.4) is 0 Å². The van der Waals surface area contributed by atoms with E-state index in [0.717, 1.165) is 12.3 Å². The quantitative estimate of drug-likeness (QED) is 0.648. The van der Waals surface area contributed by atoms with E-state index in [1.165, 1.54) is 48.8 Å². The van der Waals surface area contributed by atoms with E-state index < -0.39 is 0 Å². The summed E-state index contributed by atoms with van der Waals surface area (Å²) in [7, 11) is 0. The number of benzene rings is 1. The van der Waals surface area contributed by atoms with Gasteiger partial charge in [-0.05, 0) is 55.6 Å². The number of hydrogen-bond acceptors (Lipinski definition) is 0. The van der Waals surface area contributed by atoms with Gasteiger partial charge < -0.3 is 0 Å². The molecule has 1 aromatic carbocycles. The smallest absolute Gasteiger partial charge is 0.0250 e. The van der Waals surface area contributed by atoms with E-state index in [-0.39, 0.29) is 0 Å². The van der Waals surface area contributed by atoms with Crippen molar-refractivity contribution in [2.45, 2.75) is 45.4 Å². The maximum atomic E-state index is 4.08. The summed E-state index contributed by atoms with van der Waals surface area (Å²) in [6, 6.07) is 9.17. The fourth-order valence-electron chi connectivity index (χ4n) is 2.53. The Morgan fingerprint density at radius 1 is 1.06 bits per heavy atom. The lowest BCUT2D eigenvalue weighted by Crippen LogP contribution is -2.10. The van der Waals surface area contributed by atoms with Crippen molar-refractivity contribution < 1.29 is 0 Å². The van der Waals surface area contributed by atoms with Crippen LogP contribution in [-0.4, -0.2) is 0 Å². The fourth-order valence-corrected chi connectivity index (χ4v) is 2.53. The van der Waals surface area contributed by atoms with Gasteiger partial charge in [-0.2, -0.15) is 0 Å². The largest absolute Gasteiger partial charge is 0.0999 e. The van der Waals surface area contributed by atoms with Gasteiger partial charge in [-0.15, -0.1) is 0 Å². The molecule has 0 saturated heterocycles. The molecule has 0 spiro atoms. The van der Waals surface area contributed by atoms with Gasteiger partial charge in [0.25, 0.3) is 0 Å². The summed E-state index contributed by atoms with van der Waals surface area (Å²) in [5.41, 5.74) is 4.41. The van der Waals surface area contributed by atoms with Gasteiger partial charge in [0.15, 0.2) is 0 Å². The van der Waals surface area contributed by atoms with Gasteiger partial charge in [0, 0.05) is 0 Å². The van der Waals surface area contributed by atoms with E-state index in [1.807, 2.05) is 0 Å². The van der Waals surface area contributed by atoms with Gasteiger partial charge >= 0.3 is 0 Å². The van der Waals surface area contributed by atoms with Crippen molar-refractivity contribution >= 4 is 0 Å². The summed E-state index contributed by atoms with van der Waals surface area (Å²) < 4.78 is 0. The molecule has 16 heavy (non-hydrogen) atoms. The normalized spacial score (nSPS) is 17.7. The van der Waals surface area contributed by atoms with E-state index in [0.29, 0.717) is 0 Å². The summed E-state index contributed by atoms with van der Waals surface area (Å²) in [4.78, 5) is 0. The first-order valence-corrected chi connectivity index (χ1v) is 6.52. The van der Waals surface area contributed by atoms with Gasteiger partial charge in [0.05, 0.1) is 0 Å². The summed E-state index contributed by atoms with van der Waals surface area (Å²) >= 11 is 0. The zero-order valence-electron chi connectivity index (χ0n) is 10.3. The summed E-state index contributed by atoms with van der Waals surface area (Å²) in [5, 5.41) is 0. The first kappa shape index (κ1) is 11.4. The lowest BCUT2D eigenvalue weighted by Gasteiger charge is -2.23. The molecule has 0 heteroatoms. The standard InChI is InChI=1S/C16H22/c1-3-14-8-10-16(11-9-14)12-15-6-4-13(2)5-7-15/h8-11,15H,2-7,12H2,1H3. The Morgan fingerprint density at radius 3 is 2.19 bits per heavy atom. The third-order valence-corrected chi connectivity index (χ3v) is 3.77. The molecule has 0 amide bonds. The number of aryl methyl sites for hydroxylation is 1. The van der Waals surface area contributed by atoms with E-state index in [4.69, 9.17) is 0 Å². The van der Waals surface area contributed by atoms with E-state index in [1.54, 1.807) is 0 Å². The molecule has 1 aliphatic rings. The van der Waals surface area contributed by atoms with E-state index in [2.05, 4.69) is 37.8 Å². The van der Waals surface area contributed by atoms with Crippen molar-refractivity contribution in [2.75, 3.05) is 0 Å². The molecule has 0 heterocycles. The van der Waals surface area contributed by atoms with Crippen molar-refractivity contribution in [3.05, 3.63) is 47.5 Å². The van der Waals surface area contributed by atoms with Crippen molar-refractivity contribution in [3.63, 3.8) is 0 Å². The van der Waals surface area contributed by atoms with Crippen molar-refractivity contribution in [2.24, 2.45) is 5.92 Å². The van der Waals surface area contributed by atoms with Crippen LogP contribution < -0.4 is 0 Å². The number of hydrogen-bond donors (Lipinski definition) is 0. The zero-order chi connectivity index (χ0) is 11.4. The Hall–Kier alpha value is -1.04. The molecular weight excluding hydrogens is 192 g/mol. The average Bonchev–Trinajstić information content (AvgIpc) is 2.33. The van der Waals surface area contributed by atoms with Crippen molar-refractivity contribution in [1.29, 1.82) is 0 Å². The van der Waals surface area contributed by atoms with Crippen LogP contribution in [0.1, 0.15) is 43.7 Å². The average molecular weight is 214 g/mol. The second-order valence-corrected chi connectivity index (χ2v) is 5.07. The molecule has 0 nitrogen and oxygen atoms in total. The molecule has 0 unspecified atom stereocenters. The number of allylic oxidation sites excluding steroid dienone is 1. The van der Waals surface area contributed by atoms with Crippen LogP contribution >= 0.6 is 0 Å². The maximum absolute atomic E-state index is 4.08. The minimum Gasteiger partial charge on any atom is -0.0999 e. The van der Waals surface area contributed by atoms with Crippen LogP contribution in [0.4, 0.5) is 0 Å². The monoisotopic (exact) mass is 214 g/mol. The molecule has 0 aliphatic heterocycles. The first-order valence-electron chi connectivity index (χ1n) is 6.52. The zero-order valence-corrected chi connectivity index (χ0v) is 10.3. The minimum absolute atomic E-state index is 0.887. The van der Waals surface area contributed by atoms with Gasteiger partial charge in [-0.25, -0.2) is 0 Å². The highest BCUT2D eigenvalue weighted by molar-refractivity contribution is 5.23. The lowest BCUT2D eigenvalue weighted by molar-refractivity contribution is 0.407. The molecule has 0 bridgehead atoms. The third kappa shape index (κ3) is 2.98. The van der Waals surface area contributed by atoms with Gasteiger partial charge in [-0.3, -0.25) is 0 Å². The Bertz CT molecular complexity index is 335. The molecule has 1 saturated carbocycles. The lowest BCUT2D eigenvalue weighted by atomic mass is 9.83. The van der Waals surface area contributed by atoms with Crippen LogP contribution in [0.2, 0.25) is 0 Å². The molecule has 1 aromatic rings. The molecule has 0 atom stereocenters. The van der Waals surface area contributed by atoms with Crippen LogP contribution in [0, 0.1) is 5.92 Å². The van der Waals surface area contributed by atoms with Gasteiger partial charge in [-0.1, -0.05) is 43.3 Å². The molecular formula is C16H22. The number of rotatable bonds is 3. The molecule has 1 aliphatic carbocycles. The predicted molar refractivity (Wildman–Crippen MR) is 70.6 cm³/mol. The van der Waals surface area contributed by atoms with E-state index in [9.17, 15) is 0 Å². The predicted octanol–water partition coefficient (Wildman–Crippen LogP) is 4.54. The third-order valence-electron chi connectivity index (χ3n) is 3.77. The molecule has 0 N–H and O–H groups in total. The Morgan fingerprint density at radius 2 is 1.62 bits per heavy atom. The molecule has 1 fully saturated rings. The highest BCUT2D eigenvalue weighted by Crippen LogP contribution is 2.29. The highest BCUT2D eigenvalue weighted by Gasteiger charge is 2.15. The Kier molecular flexibility index (Phi) is 3.82. The van der Waals surface area contributed by atoms with Crippen LogP contribution in [0.25, 0.3) is 0 Å². The second kappa shape index (κ2) is 5.34. The topological polar surface area (TPSA) is 0 Å². The SMILES string of the molecule is C=C1CCC(Cc2ccc(CC)cc2)CC1. The fraction of sp³-hybridized carbons (Fsp3) is 0.500. The maximum Gasteiger partial charge on any atom is -0.0250 e. The minimum atomic E-state index is 0.887. The van der Waals surface area contributed by atoms with E-state index >= 15 is 0 Å². The molecule has 0 aromatic heterocycles. The second-order valence-electron chi connectivity index (χ2n) is 5.07. The summed E-state index contributed by atoms with van der Waals surface area (Å²) in [6.45, 7) is 6.29. The Labute approximate surface area is 99.4 Å². The highest BCUT2D eigenvalue weighted by atomic mass is 14.2. The molecule has 0 radical (unpaired) electrons. The van der Waals surface area contributed by atoms with Crippen LogP contribution in [-0.2, 0) is 12.8 Å².